The molecule has 104 valence electrons. The van der Waals surface area contributed by atoms with E-state index in [9.17, 15) is 14.4 Å². The molecule has 0 radical (unpaired) electrons. The molecule has 0 amide bonds. The second-order valence-electron chi connectivity index (χ2n) is 3.91. The fraction of sp³-hybridized carbons (Fsp3) is 0.154. The van der Waals surface area contributed by atoms with Crippen molar-refractivity contribution >= 4 is 22.8 Å². The zero-order valence-corrected chi connectivity index (χ0v) is 10.7. The Kier molecular flexibility index (Phi) is 3.43. The van der Waals surface area contributed by atoms with Gasteiger partial charge in [0.25, 0.3) is 0 Å². The van der Waals surface area contributed by atoms with Crippen LogP contribution in [0.25, 0.3) is 10.9 Å². The number of benzene rings is 1. The Morgan fingerprint density at radius 2 is 1.95 bits per heavy atom. The molecule has 0 aliphatic rings. The predicted octanol–water partition coefficient (Wildman–Crippen LogP) is 1.02. The molecule has 2 aromatic rings. The SMILES string of the molecule is COC(=O)c1[nH]c2ccc(OC)cc2c(=O)c1C(=O)O. The molecule has 2 N–H and O–H groups in total. The molecule has 1 heterocycles. The lowest BCUT2D eigenvalue weighted by molar-refractivity contribution is 0.0575. The average Bonchev–Trinajstić information content (AvgIpc) is 2.45. The van der Waals surface area contributed by atoms with Gasteiger partial charge in [-0.05, 0) is 18.2 Å². The van der Waals surface area contributed by atoms with Crippen LogP contribution in [0.3, 0.4) is 0 Å². The summed E-state index contributed by atoms with van der Waals surface area (Å²) < 4.78 is 9.46. The first-order valence-electron chi connectivity index (χ1n) is 5.55. The van der Waals surface area contributed by atoms with Crippen LogP contribution >= 0.6 is 0 Å². The molecule has 7 nitrogen and oxygen atoms in total. The number of fused-ring (bicyclic) bond motifs is 1. The highest BCUT2D eigenvalue weighted by molar-refractivity contribution is 6.04. The molecule has 2 rings (SSSR count). The highest BCUT2D eigenvalue weighted by Crippen LogP contribution is 2.18. The Bertz CT molecular complexity index is 761. The normalized spacial score (nSPS) is 10.3. The third-order valence-corrected chi connectivity index (χ3v) is 2.81. The van der Waals surface area contributed by atoms with Crippen molar-refractivity contribution in [3.8, 4) is 5.75 Å². The van der Waals surface area contributed by atoms with Gasteiger partial charge in [-0.15, -0.1) is 0 Å². The largest absolute Gasteiger partial charge is 0.497 e. The van der Waals surface area contributed by atoms with Gasteiger partial charge in [-0.3, -0.25) is 4.79 Å². The van der Waals surface area contributed by atoms with Gasteiger partial charge in [0.05, 0.1) is 25.1 Å². The van der Waals surface area contributed by atoms with E-state index in [0.717, 1.165) is 7.11 Å². The number of carboxylic acids is 1. The van der Waals surface area contributed by atoms with Crippen LogP contribution in [0, 0.1) is 0 Å². The maximum Gasteiger partial charge on any atom is 0.355 e. The molecule has 0 unspecified atom stereocenters. The van der Waals surface area contributed by atoms with Crippen molar-refractivity contribution in [3.05, 3.63) is 39.7 Å². The number of carbonyl (C=O) groups excluding carboxylic acids is 1. The smallest absolute Gasteiger partial charge is 0.355 e. The number of aromatic carboxylic acids is 1. The number of aromatic amines is 1. The zero-order chi connectivity index (χ0) is 14.9. The fourth-order valence-electron chi connectivity index (χ4n) is 1.85. The molecule has 1 aromatic carbocycles. The third kappa shape index (κ3) is 2.09. The lowest BCUT2D eigenvalue weighted by Gasteiger charge is -2.08. The van der Waals surface area contributed by atoms with Gasteiger partial charge in [0, 0.05) is 0 Å². The topological polar surface area (TPSA) is 106 Å². The number of ether oxygens (including phenoxy) is 2. The number of hydrogen-bond acceptors (Lipinski definition) is 5. The van der Waals surface area contributed by atoms with Crippen LogP contribution in [0.1, 0.15) is 20.8 Å². The minimum absolute atomic E-state index is 0.120. The number of methoxy groups -OCH3 is 2. The van der Waals surface area contributed by atoms with Crippen molar-refractivity contribution in [2.24, 2.45) is 0 Å². The second kappa shape index (κ2) is 5.04. The lowest BCUT2D eigenvalue weighted by Crippen LogP contribution is -2.23. The molecule has 0 fully saturated rings. The lowest BCUT2D eigenvalue weighted by atomic mass is 10.1. The van der Waals surface area contributed by atoms with Gasteiger partial charge in [0.15, 0.2) is 0 Å². The van der Waals surface area contributed by atoms with E-state index in [-0.39, 0.29) is 11.1 Å². The molecular formula is C13H11NO6. The van der Waals surface area contributed by atoms with Crippen LogP contribution in [0.5, 0.6) is 5.75 Å². The van der Waals surface area contributed by atoms with E-state index in [4.69, 9.17) is 9.84 Å². The Morgan fingerprint density at radius 3 is 2.50 bits per heavy atom. The number of esters is 1. The van der Waals surface area contributed by atoms with Crippen LogP contribution in [-0.2, 0) is 4.74 Å². The number of carbonyl (C=O) groups is 2. The van der Waals surface area contributed by atoms with Crippen LogP contribution in [0.2, 0.25) is 0 Å². The molecule has 1 aromatic heterocycles. The highest BCUT2D eigenvalue weighted by atomic mass is 16.5. The van der Waals surface area contributed by atoms with Crippen LogP contribution in [0.4, 0.5) is 0 Å². The van der Waals surface area contributed by atoms with E-state index in [1.807, 2.05) is 0 Å². The summed E-state index contributed by atoms with van der Waals surface area (Å²) in [6, 6.07) is 4.51. The summed E-state index contributed by atoms with van der Waals surface area (Å²) >= 11 is 0. The van der Waals surface area contributed by atoms with E-state index < -0.39 is 22.9 Å². The summed E-state index contributed by atoms with van der Waals surface area (Å²) in [5, 5.41) is 9.24. The summed E-state index contributed by atoms with van der Waals surface area (Å²) in [5.74, 6) is -2.02. The summed E-state index contributed by atoms with van der Waals surface area (Å²) in [6.07, 6.45) is 0. The highest BCUT2D eigenvalue weighted by Gasteiger charge is 2.23. The van der Waals surface area contributed by atoms with E-state index in [2.05, 4.69) is 9.72 Å². The maximum atomic E-state index is 12.2. The predicted molar refractivity (Wildman–Crippen MR) is 69.4 cm³/mol. The zero-order valence-electron chi connectivity index (χ0n) is 10.7. The molecule has 0 atom stereocenters. The second-order valence-corrected chi connectivity index (χ2v) is 3.91. The number of rotatable bonds is 3. The summed E-state index contributed by atoms with van der Waals surface area (Å²) in [4.78, 5) is 37.6. The molecule has 7 heteroatoms. The third-order valence-electron chi connectivity index (χ3n) is 2.81. The van der Waals surface area contributed by atoms with Gasteiger partial charge in [-0.2, -0.15) is 0 Å². The van der Waals surface area contributed by atoms with Crippen molar-refractivity contribution in [2.75, 3.05) is 14.2 Å². The molecule has 0 saturated heterocycles. The Hall–Kier alpha value is -2.83. The number of aromatic nitrogens is 1. The van der Waals surface area contributed by atoms with Crippen molar-refractivity contribution in [1.29, 1.82) is 0 Å². The minimum Gasteiger partial charge on any atom is -0.497 e. The van der Waals surface area contributed by atoms with E-state index in [0.29, 0.717) is 11.3 Å². The molecule has 0 saturated carbocycles. The van der Waals surface area contributed by atoms with E-state index in [1.54, 1.807) is 6.07 Å². The molecule has 20 heavy (non-hydrogen) atoms. The summed E-state index contributed by atoms with van der Waals surface area (Å²) in [6.45, 7) is 0. The van der Waals surface area contributed by atoms with Gasteiger partial charge in [-0.1, -0.05) is 0 Å². The monoisotopic (exact) mass is 277 g/mol. The molecule has 0 aliphatic carbocycles. The van der Waals surface area contributed by atoms with E-state index in [1.165, 1.54) is 19.2 Å². The first-order chi connectivity index (χ1) is 9.49. The summed E-state index contributed by atoms with van der Waals surface area (Å²) in [7, 11) is 2.53. The van der Waals surface area contributed by atoms with Gasteiger partial charge < -0.3 is 19.6 Å². The van der Waals surface area contributed by atoms with Gasteiger partial charge in [0.2, 0.25) is 5.43 Å². The first kappa shape index (κ1) is 13.6. The number of carboxylic acid groups (broad SMARTS) is 1. The molecule has 0 bridgehead atoms. The quantitative estimate of drug-likeness (QED) is 0.811. The molecular weight excluding hydrogens is 266 g/mol. The molecule has 0 spiro atoms. The van der Waals surface area contributed by atoms with Gasteiger partial charge in [-0.25, -0.2) is 9.59 Å². The standard InChI is InChI=1S/C13H11NO6/c1-19-6-3-4-8-7(5-6)11(15)9(12(16)17)10(14-8)13(18)20-2/h3-5H,1-2H3,(H,14,15)(H,16,17). The number of H-pyrrole nitrogens is 1. The van der Waals surface area contributed by atoms with Crippen molar-refractivity contribution in [3.63, 3.8) is 0 Å². The summed E-state index contributed by atoms with van der Waals surface area (Å²) in [5.41, 5.74) is -1.49. The van der Waals surface area contributed by atoms with Gasteiger partial charge >= 0.3 is 11.9 Å². The number of pyridine rings is 1. The minimum atomic E-state index is -1.50. The molecule has 0 aliphatic heterocycles. The fourth-order valence-corrected chi connectivity index (χ4v) is 1.85. The average molecular weight is 277 g/mol. The Balaban J connectivity index is 2.89. The number of nitrogens with one attached hydrogen (secondary N) is 1. The number of hydrogen-bond donors (Lipinski definition) is 2. The van der Waals surface area contributed by atoms with Gasteiger partial charge in [0.1, 0.15) is 17.0 Å². The van der Waals surface area contributed by atoms with Crippen molar-refractivity contribution < 1.29 is 24.2 Å². The Morgan fingerprint density at radius 1 is 1.25 bits per heavy atom. The first-order valence-corrected chi connectivity index (χ1v) is 5.55. The van der Waals surface area contributed by atoms with E-state index >= 15 is 0 Å². The van der Waals surface area contributed by atoms with Crippen molar-refractivity contribution in [2.45, 2.75) is 0 Å². The van der Waals surface area contributed by atoms with Crippen LogP contribution in [0.15, 0.2) is 23.0 Å². The van der Waals surface area contributed by atoms with Crippen molar-refractivity contribution in [1.82, 2.24) is 4.98 Å². The van der Waals surface area contributed by atoms with Crippen LogP contribution in [-0.4, -0.2) is 36.2 Å². The van der Waals surface area contributed by atoms with Crippen LogP contribution < -0.4 is 10.2 Å². The Labute approximate surface area is 112 Å². The maximum absolute atomic E-state index is 12.2.